The van der Waals surface area contributed by atoms with Crippen molar-refractivity contribution in [2.75, 3.05) is 14.2 Å². The summed E-state index contributed by atoms with van der Waals surface area (Å²) in [4.78, 5) is 22.1. The average Bonchev–Trinajstić information content (AvgIpc) is 2.27. The van der Waals surface area contributed by atoms with Crippen LogP contribution in [0.4, 0.5) is 4.48 Å². The summed E-state index contributed by atoms with van der Waals surface area (Å²) in [6.45, 7) is 0. The van der Waals surface area contributed by atoms with Crippen LogP contribution in [-0.2, 0) is 9.47 Å². The van der Waals surface area contributed by atoms with Crippen molar-refractivity contribution in [2.24, 2.45) is 0 Å². The molecule has 1 rings (SSSR count). The van der Waals surface area contributed by atoms with Gasteiger partial charge in [0.2, 0.25) is 0 Å². The lowest BCUT2D eigenvalue weighted by Crippen LogP contribution is -2.39. The van der Waals surface area contributed by atoms with Crippen molar-refractivity contribution in [3.63, 3.8) is 0 Å². The number of halogens is 1. The molecule has 0 fully saturated rings. The monoisotopic (exact) mass is 214 g/mol. The number of carbonyl (C=O) groups excluding carboxylic acids is 2. The molecule has 0 atom stereocenters. The van der Waals surface area contributed by atoms with Crippen molar-refractivity contribution in [3.05, 3.63) is 29.6 Å². The molecule has 0 saturated carbocycles. The van der Waals surface area contributed by atoms with Crippen LogP contribution in [-0.4, -0.2) is 26.2 Å². The Morgan fingerprint density at radius 3 is 1.87 bits per heavy atom. The predicted molar refractivity (Wildman–Crippen MR) is 45.8 cm³/mol. The van der Waals surface area contributed by atoms with Gasteiger partial charge in [-0.15, -0.1) is 0 Å². The van der Waals surface area contributed by atoms with E-state index in [2.05, 4.69) is 9.47 Å². The Labute approximate surface area is 85.0 Å². The van der Waals surface area contributed by atoms with E-state index in [4.69, 9.17) is 0 Å². The molecule has 0 N–H and O–H groups in total. The van der Waals surface area contributed by atoms with Crippen molar-refractivity contribution in [3.8, 4) is 0 Å². The highest BCUT2D eigenvalue weighted by Gasteiger charge is 2.29. The average molecular weight is 214 g/mol. The number of hydrogen-bond acceptors (Lipinski definition) is 4. The minimum atomic E-state index is -0.872. The smallest absolute Gasteiger partial charge is 0.407 e. The summed E-state index contributed by atoms with van der Waals surface area (Å²) >= 11 is 0. The molecule has 0 radical (unpaired) electrons. The number of nitrogens with zero attached hydrogens (tertiary/aromatic N) is 1. The second kappa shape index (κ2) is 4.50. The molecule has 80 valence electrons. The largest absolute Gasteiger partial charge is 0.461 e. The molecule has 5 nitrogen and oxygen atoms in total. The van der Waals surface area contributed by atoms with E-state index in [1.165, 1.54) is 18.2 Å². The summed E-state index contributed by atoms with van der Waals surface area (Å²) in [6, 6.07) is 3.74. The van der Waals surface area contributed by atoms with E-state index in [-0.39, 0.29) is 16.2 Å². The quantitative estimate of drug-likeness (QED) is 0.663. The summed E-state index contributed by atoms with van der Waals surface area (Å²) < 4.78 is 22.1. The first kappa shape index (κ1) is 11.1. The summed E-state index contributed by atoms with van der Waals surface area (Å²) in [5.41, 5.74) is -0.749. The molecule has 0 aliphatic heterocycles. The van der Waals surface area contributed by atoms with Crippen LogP contribution in [0, 0.1) is 0 Å². The molecule has 1 aromatic heterocycles. The highest BCUT2D eigenvalue weighted by atomic mass is 19.2. The van der Waals surface area contributed by atoms with Gasteiger partial charge in [-0.05, 0) is 6.07 Å². The lowest BCUT2D eigenvalue weighted by Gasteiger charge is -1.96. The Kier molecular flexibility index (Phi) is 3.33. The van der Waals surface area contributed by atoms with Crippen LogP contribution in [0.15, 0.2) is 18.2 Å². The SMILES string of the molecule is COC(=O)c1cccc(C(=O)OC)[n+]1F. The molecule has 0 amide bonds. The van der Waals surface area contributed by atoms with Gasteiger partial charge in [0, 0.05) is 16.9 Å². The predicted octanol–water partition coefficient (Wildman–Crippen LogP) is 0.280. The maximum absolute atomic E-state index is 13.5. The molecule has 15 heavy (non-hydrogen) atoms. The van der Waals surface area contributed by atoms with Crippen molar-refractivity contribution in [2.45, 2.75) is 0 Å². The molecule has 1 aromatic rings. The van der Waals surface area contributed by atoms with Crippen molar-refractivity contribution in [1.29, 1.82) is 0 Å². The highest BCUT2D eigenvalue weighted by Crippen LogP contribution is 2.00. The molecule has 0 unspecified atom stereocenters. The van der Waals surface area contributed by atoms with E-state index in [1.54, 1.807) is 0 Å². The summed E-state index contributed by atoms with van der Waals surface area (Å²) in [5.74, 6) is -1.74. The van der Waals surface area contributed by atoms with Gasteiger partial charge in [-0.25, -0.2) is 9.59 Å². The molecular weight excluding hydrogens is 205 g/mol. The van der Waals surface area contributed by atoms with Crippen molar-refractivity contribution >= 4 is 11.9 Å². The zero-order valence-electron chi connectivity index (χ0n) is 8.19. The number of ether oxygens (including phenoxy) is 2. The topological polar surface area (TPSA) is 56.5 Å². The van der Waals surface area contributed by atoms with Gasteiger partial charge in [-0.3, -0.25) is 0 Å². The molecule has 0 saturated heterocycles. The van der Waals surface area contributed by atoms with Gasteiger partial charge in [-0.2, -0.15) is 0 Å². The van der Waals surface area contributed by atoms with Gasteiger partial charge in [0.1, 0.15) is 0 Å². The molecule has 0 aromatic carbocycles. The van der Waals surface area contributed by atoms with Gasteiger partial charge in [0.05, 0.1) is 18.7 Å². The van der Waals surface area contributed by atoms with Crippen molar-refractivity contribution in [1.82, 2.24) is 0 Å². The van der Waals surface area contributed by atoms with Crippen LogP contribution in [0.2, 0.25) is 0 Å². The van der Waals surface area contributed by atoms with Crippen LogP contribution in [0.1, 0.15) is 21.0 Å². The lowest BCUT2D eigenvalue weighted by atomic mass is 10.3. The Morgan fingerprint density at radius 2 is 1.53 bits per heavy atom. The number of carbonyl (C=O) groups is 2. The van der Waals surface area contributed by atoms with E-state index in [0.29, 0.717) is 0 Å². The fourth-order valence-electron chi connectivity index (χ4n) is 0.997. The van der Waals surface area contributed by atoms with Crippen LogP contribution in [0.25, 0.3) is 0 Å². The van der Waals surface area contributed by atoms with Crippen LogP contribution in [0.5, 0.6) is 0 Å². The van der Waals surface area contributed by atoms with E-state index in [1.807, 2.05) is 0 Å². The summed E-state index contributed by atoms with van der Waals surface area (Å²) in [5, 5.41) is 0. The lowest BCUT2D eigenvalue weighted by molar-refractivity contribution is -0.847. The van der Waals surface area contributed by atoms with Gasteiger partial charge < -0.3 is 9.47 Å². The number of aromatic nitrogens is 1. The Morgan fingerprint density at radius 1 is 1.13 bits per heavy atom. The first-order chi connectivity index (χ1) is 7.11. The molecule has 0 bridgehead atoms. The normalized spacial score (nSPS) is 9.53. The number of rotatable bonds is 2. The van der Waals surface area contributed by atoms with Crippen LogP contribution in [0.3, 0.4) is 0 Å². The van der Waals surface area contributed by atoms with Gasteiger partial charge in [0.15, 0.2) is 0 Å². The van der Waals surface area contributed by atoms with Crippen LogP contribution < -0.4 is 4.79 Å². The number of esters is 2. The number of hydrogen-bond donors (Lipinski definition) is 0. The molecule has 0 aliphatic carbocycles. The second-order valence-corrected chi connectivity index (χ2v) is 2.56. The van der Waals surface area contributed by atoms with E-state index in [9.17, 15) is 14.1 Å². The number of pyridine rings is 1. The molecule has 0 aliphatic rings. The Hall–Kier alpha value is -1.98. The Bertz CT molecular complexity index is 371. The van der Waals surface area contributed by atoms with E-state index < -0.39 is 11.9 Å². The molecule has 1 heterocycles. The molecular formula is C9H9FNO4+. The maximum Gasteiger partial charge on any atom is 0.407 e. The van der Waals surface area contributed by atoms with Crippen LogP contribution >= 0.6 is 0 Å². The third kappa shape index (κ3) is 2.09. The van der Waals surface area contributed by atoms with E-state index >= 15 is 0 Å². The minimum Gasteiger partial charge on any atom is -0.461 e. The zero-order valence-corrected chi connectivity index (χ0v) is 8.19. The summed E-state index contributed by atoms with van der Waals surface area (Å²) in [6.07, 6.45) is 0. The molecule has 0 spiro atoms. The van der Waals surface area contributed by atoms with Gasteiger partial charge >= 0.3 is 23.3 Å². The number of methoxy groups -OCH3 is 2. The van der Waals surface area contributed by atoms with E-state index in [0.717, 1.165) is 14.2 Å². The third-order valence-corrected chi connectivity index (χ3v) is 1.72. The fourth-order valence-corrected chi connectivity index (χ4v) is 0.997. The Balaban J connectivity index is 3.23. The third-order valence-electron chi connectivity index (χ3n) is 1.72. The highest BCUT2D eigenvalue weighted by molar-refractivity contribution is 5.88. The van der Waals surface area contributed by atoms with Gasteiger partial charge in [0.25, 0.3) is 0 Å². The maximum atomic E-state index is 13.5. The summed E-state index contributed by atoms with van der Waals surface area (Å²) in [7, 11) is 2.24. The fraction of sp³-hybridized carbons (Fsp3) is 0.222. The van der Waals surface area contributed by atoms with Crippen molar-refractivity contribution < 1.29 is 28.3 Å². The zero-order chi connectivity index (χ0) is 11.4. The molecule has 6 heteroatoms. The first-order valence-electron chi connectivity index (χ1n) is 3.99. The second-order valence-electron chi connectivity index (χ2n) is 2.56. The first-order valence-corrected chi connectivity index (χ1v) is 3.99. The van der Waals surface area contributed by atoms with Gasteiger partial charge in [-0.1, -0.05) is 0 Å². The standard InChI is InChI=1S/C9H9FNO4/c1-14-8(12)6-4-3-5-7(11(6)10)9(13)15-2/h3-5H,1-2H3/q+1. The minimum absolute atomic E-state index is 0.0718.